The van der Waals surface area contributed by atoms with Crippen molar-refractivity contribution in [2.45, 2.75) is 26.1 Å². The van der Waals surface area contributed by atoms with Crippen LogP contribution in [0.2, 0.25) is 0 Å². The number of aromatic amines is 1. The first-order chi connectivity index (χ1) is 9.01. The summed E-state index contributed by atoms with van der Waals surface area (Å²) in [5.41, 5.74) is 0.450. The van der Waals surface area contributed by atoms with Gasteiger partial charge >= 0.3 is 0 Å². The first kappa shape index (κ1) is 13.8. The van der Waals surface area contributed by atoms with Crippen LogP contribution in [0.5, 0.6) is 0 Å². The average molecular weight is 266 g/mol. The Morgan fingerprint density at radius 1 is 1.53 bits per heavy atom. The fraction of sp³-hybridized carbons (Fsp3) is 0.538. The molecule has 2 heterocycles. The fourth-order valence-corrected chi connectivity index (χ4v) is 2.22. The molecular weight excluding hydrogens is 248 g/mol. The lowest BCUT2D eigenvalue weighted by atomic mass is 10.1. The summed E-state index contributed by atoms with van der Waals surface area (Å²) in [7, 11) is 0. The summed E-state index contributed by atoms with van der Waals surface area (Å²) in [6.07, 6.45) is -0.545. The van der Waals surface area contributed by atoms with Gasteiger partial charge in [0.05, 0.1) is 18.8 Å². The number of nitrogens with one attached hydrogen (secondary N) is 1. The summed E-state index contributed by atoms with van der Waals surface area (Å²) in [5.74, 6) is -0.324. The highest BCUT2D eigenvalue weighted by Crippen LogP contribution is 2.13. The Bertz CT molecular complexity index is 526. The van der Waals surface area contributed by atoms with E-state index in [4.69, 9.17) is 9.84 Å². The van der Waals surface area contributed by atoms with Gasteiger partial charge in [0.1, 0.15) is 5.56 Å². The summed E-state index contributed by atoms with van der Waals surface area (Å²) >= 11 is 0. The van der Waals surface area contributed by atoms with Gasteiger partial charge in [0.2, 0.25) is 0 Å². The second kappa shape index (κ2) is 5.54. The smallest absolute Gasteiger partial charge is 0.260 e. The predicted octanol–water partition coefficient (Wildman–Crippen LogP) is -0.0949. The lowest BCUT2D eigenvalue weighted by Crippen LogP contribution is -2.51. The molecule has 1 aromatic heterocycles. The van der Waals surface area contributed by atoms with E-state index < -0.39 is 6.10 Å². The lowest BCUT2D eigenvalue weighted by Gasteiger charge is -2.35. The minimum absolute atomic E-state index is 0.122. The second-order valence-corrected chi connectivity index (χ2v) is 4.85. The molecule has 0 aliphatic carbocycles. The standard InChI is InChI=1S/C13H18N2O4/c1-8-3-4-11(12(17)14-8)13(18)15-5-9(2)19-10(6-15)7-16/h3-4,9-10,16H,5-7H2,1-2H3,(H,14,17). The zero-order valence-electron chi connectivity index (χ0n) is 11.0. The van der Waals surface area contributed by atoms with Crippen LogP contribution in [0, 0.1) is 6.92 Å². The van der Waals surface area contributed by atoms with E-state index in [1.54, 1.807) is 17.9 Å². The van der Waals surface area contributed by atoms with Gasteiger partial charge in [-0.25, -0.2) is 0 Å². The molecule has 0 bridgehead atoms. The van der Waals surface area contributed by atoms with Gasteiger partial charge in [-0.3, -0.25) is 9.59 Å². The van der Waals surface area contributed by atoms with E-state index in [1.807, 2.05) is 6.92 Å². The van der Waals surface area contributed by atoms with Crippen molar-refractivity contribution in [1.82, 2.24) is 9.88 Å². The Labute approximate surface area is 111 Å². The number of aliphatic hydroxyl groups excluding tert-OH is 1. The number of carbonyl (C=O) groups excluding carboxylic acids is 1. The third-order valence-electron chi connectivity index (χ3n) is 3.10. The van der Waals surface area contributed by atoms with Crippen molar-refractivity contribution in [2.24, 2.45) is 0 Å². The highest BCUT2D eigenvalue weighted by molar-refractivity contribution is 5.93. The molecule has 104 valence electrons. The number of carbonyl (C=O) groups is 1. The molecular formula is C13H18N2O4. The van der Waals surface area contributed by atoms with E-state index in [-0.39, 0.29) is 29.7 Å². The molecule has 1 aliphatic heterocycles. The highest BCUT2D eigenvalue weighted by Gasteiger charge is 2.29. The molecule has 0 saturated carbocycles. The zero-order valence-corrected chi connectivity index (χ0v) is 11.0. The first-order valence-electron chi connectivity index (χ1n) is 6.26. The average Bonchev–Trinajstić information content (AvgIpc) is 2.37. The molecule has 1 fully saturated rings. The van der Waals surface area contributed by atoms with Crippen LogP contribution in [0.1, 0.15) is 23.0 Å². The lowest BCUT2D eigenvalue weighted by molar-refractivity contribution is -0.0858. The third-order valence-corrected chi connectivity index (χ3v) is 3.10. The number of nitrogens with zero attached hydrogens (tertiary/aromatic N) is 1. The van der Waals surface area contributed by atoms with Crippen molar-refractivity contribution in [1.29, 1.82) is 0 Å². The number of hydrogen-bond donors (Lipinski definition) is 2. The number of rotatable bonds is 2. The molecule has 19 heavy (non-hydrogen) atoms. The zero-order chi connectivity index (χ0) is 14.0. The summed E-state index contributed by atoms with van der Waals surface area (Å²) in [4.78, 5) is 28.2. The number of aryl methyl sites for hydroxylation is 1. The van der Waals surface area contributed by atoms with E-state index >= 15 is 0 Å². The number of morpholine rings is 1. The van der Waals surface area contributed by atoms with Crippen LogP contribution in [0.4, 0.5) is 0 Å². The van der Waals surface area contributed by atoms with Gasteiger partial charge in [-0.1, -0.05) is 0 Å². The quantitative estimate of drug-likeness (QED) is 0.783. The second-order valence-electron chi connectivity index (χ2n) is 4.85. The van der Waals surface area contributed by atoms with Gasteiger partial charge < -0.3 is 19.7 Å². The van der Waals surface area contributed by atoms with E-state index in [9.17, 15) is 9.59 Å². The summed E-state index contributed by atoms with van der Waals surface area (Å²) in [5, 5.41) is 9.14. The number of pyridine rings is 1. The maximum atomic E-state index is 12.3. The van der Waals surface area contributed by atoms with Crippen LogP contribution in [0.15, 0.2) is 16.9 Å². The molecule has 0 radical (unpaired) electrons. The Balaban J connectivity index is 2.21. The van der Waals surface area contributed by atoms with Crippen molar-refractivity contribution in [3.8, 4) is 0 Å². The van der Waals surface area contributed by atoms with Gasteiger partial charge in [-0.05, 0) is 26.0 Å². The summed E-state index contributed by atoms with van der Waals surface area (Å²) in [6.45, 7) is 4.17. The number of aromatic nitrogens is 1. The molecule has 1 amide bonds. The number of ether oxygens (including phenoxy) is 1. The maximum Gasteiger partial charge on any atom is 0.260 e. The summed E-state index contributed by atoms with van der Waals surface area (Å²) < 4.78 is 5.47. The van der Waals surface area contributed by atoms with Gasteiger partial charge in [0.15, 0.2) is 0 Å². The minimum atomic E-state index is -0.391. The minimum Gasteiger partial charge on any atom is -0.394 e. The van der Waals surface area contributed by atoms with Gasteiger partial charge in [-0.15, -0.1) is 0 Å². The predicted molar refractivity (Wildman–Crippen MR) is 69.1 cm³/mol. The van der Waals surface area contributed by atoms with Crippen molar-refractivity contribution in [3.63, 3.8) is 0 Å². The molecule has 2 unspecified atom stereocenters. The first-order valence-corrected chi connectivity index (χ1v) is 6.26. The third kappa shape index (κ3) is 3.02. The van der Waals surface area contributed by atoms with Crippen LogP contribution >= 0.6 is 0 Å². The highest BCUT2D eigenvalue weighted by atomic mass is 16.5. The molecule has 1 aromatic rings. The van der Waals surface area contributed by atoms with Crippen LogP contribution < -0.4 is 5.56 Å². The Morgan fingerprint density at radius 3 is 2.89 bits per heavy atom. The molecule has 6 nitrogen and oxygen atoms in total. The van der Waals surface area contributed by atoms with E-state index in [2.05, 4.69) is 4.98 Å². The molecule has 2 N–H and O–H groups in total. The molecule has 1 saturated heterocycles. The molecule has 0 spiro atoms. The monoisotopic (exact) mass is 266 g/mol. The van der Waals surface area contributed by atoms with E-state index in [0.29, 0.717) is 18.8 Å². The summed E-state index contributed by atoms with van der Waals surface area (Å²) in [6, 6.07) is 3.23. The normalized spacial score (nSPS) is 23.4. The van der Waals surface area contributed by atoms with E-state index in [0.717, 1.165) is 0 Å². The van der Waals surface area contributed by atoms with Gasteiger partial charge in [-0.2, -0.15) is 0 Å². The Hall–Kier alpha value is -1.66. The van der Waals surface area contributed by atoms with Crippen LogP contribution in [-0.2, 0) is 4.74 Å². The Morgan fingerprint density at radius 2 is 2.26 bits per heavy atom. The SMILES string of the molecule is Cc1ccc(C(=O)N2CC(C)OC(CO)C2)c(=O)[nH]1. The van der Waals surface area contributed by atoms with Crippen molar-refractivity contribution < 1.29 is 14.6 Å². The number of hydrogen-bond acceptors (Lipinski definition) is 4. The van der Waals surface area contributed by atoms with Gasteiger partial charge in [0.25, 0.3) is 11.5 Å². The largest absolute Gasteiger partial charge is 0.394 e. The number of H-pyrrole nitrogens is 1. The Kier molecular flexibility index (Phi) is 4.01. The topological polar surface area (TPSA) is 82.6 Å². The van der Waals surface area contributed by atoms with E-state index in [1.165, 1.54) is 6.07 Å². The van der Waals surface area contributed by atoms with Crippen molar-refractivity contribution in [3.05, 3.63) is 33.7 Å². The number of amides is 1. The number of aliphatic hydroxyl groups is 1. The molecule has 0 aromatic carbocycles. The van der Waals surface area contributed by atoms with Crippen molar-refractivity contribution in [2.75, 3.05) is 19.7 Å². The van der Waals surface area contributed by atoms with Crippen LogP contribution in [0.3, 0.4) is 0 Å². The molecule has 6 heteroatoms. The van der Waals surface area contributed by atoms with Crippen LogP contribution in [0.25, 0.3) is 0 Å². The molecule has 2 atom stereocenters. The van der Waals surface area contributed by atoms with Gasteiger partial charge in [0, 0.05) is 18.8 Å². The fourth-order valence-electron chi connectivity index (χ4n) is 2.22. The maximum absolute atomic E-state index is 12.3. The molecule has 1 aliphatic rings. The van der Waals surface area contributed by atoms with Crippen LogP contribution in [-0.4, -0.2) is 52.8 Å². The molecule has 2 rings (SSSR count). The van der Waals surface area contributed by atoms with Crippen molar-refractivity contribution >= 4 is 5.91 Å².